The lowest BCUT2D eigenvalue weighted by atomic mass is 9.93. The molecule has 1 aliphatic rings. The van der Waals surface area contributed by atoms with Crippen LogP contribution in [0.3, 0.4) is 0 Å². The molecule has 0 heterocycles. The Labute approximate surface area is 126 Å². The smallest absolute Gasteiger partial charge is 0.327 e. The van der Waals surface area contributed by atoms with Crippen molar-refractivity contribution in [1.82, 2.24) is 5.32 Å². The summed E-state index contributed by atoms with van der Waals surface area (Å²) < 4.78 is 10.2. The van der Waals surface area contributed by atoms with Crippen molar-refractivity contribution in [2.24, 2.45) is 0 Å². The van der Waals surface area contributed by atoms with Crippen molar-refractivity contribution in [2.75, 3.05) is 14.2 Å². The van der Waals surface area contributed by atoms with Crippen molar-refractivity contribution >= 4 is 5.97 Å². The van der Waals surface area contributed by atoms with Crippen LogP contribution < -0.4 is 5.32 Å². The van der Waals surface area contributed by atoms with E-state index in [1.165, 1.54) is 26.4 Å². The van der Waals surface area contributed by atoms with Crippen LogP contribution in [0.2, 0.25) is 0 Å². The van der Waals surface area contributed by atoms with Gasteiger partial charge in [0.25, 0.3) is 0 Å². The Balaban J connectivity index is 2.20. The minimum absolute atomic E-state index is 0.232. The Morgan fingerprint density at radius 2 is 1.95 bits per heavy atom. The van der Waals surface area contributed by atoms with Gasteiger partial charge in [-0.1, -0.05) is 43.5 Å². The van der Waals surface area contributed by atoms with E-state index in [4.69, 9.17) is 9.47 Å². The van der Waals surface area contributed by atoms with Crippen molar-refractivity contribution in [1.29, 1.82) is 0 Å². The fourth-order valence-corrected chi connectivity index (χ4v) is 3.01. The van der Waals surface area contributed by atoms with Gasteiger partial charge in [-0.25, -0.2) is 4.79 Å². The number of rotatable bonds is 6. The first-order valence-electron chi connectivity index (χ1n) is 7.67. The number of carbonyl (C=O) groups is 1. The van der Waals surface area contributed by atoms with Crippen LogP contribution in [0.1, 0.15) is 49.3 Å². The van der Waals surface area contributed by atoms with Crippen LogP contribution in [-0.4, -0.2) is 26.2 Å². The van der Waals surface area contributed by atoms with Crippen LogP contribution in [0.25, 0.3) is 0 Å². The van der Waals surface area contributed by atoms with Crippen LogP contribution >= 0.6 is 0 Å². The molecule has 1 fully saturated rings. The van der Waals surface area contributed by atoms with E-state index in [9.17, 15) is 4.79 Å². The van der Waals surface area contributed by atoms with Gasteiger partial charge in [-0.3, -0.25) is 5.32 Å². The number of methoxy groups -OCH3 is 2. The summed E-state index contributed by atoms with van der Waals surface area (Å²) in [6.07, 6.45) is 6.00. The van der Waals surface area contributed by atoms with E-state index < -0.39 is 6.04 Å². The molecule has 2 rings (SSSR count). The molecule has 0 aromatic heterocycles. The predicted molar refractivity (Wildman–Crippen MR) is 81.9 cm³/mol. The van der Waals surface area contributed by atoms with E-state index in [2.05, 4.69) is 5.32 Å². The summed E-state index contributed by atoms with van der Waals surface area (Å²) in [5, 5.41) is 3.49. The normalized spacial score (nSPS) is 17.4. The summed E-state index contributed by atoms with van der Waals surface area (Å²) in [4.78, 5) is 12.2. The maximum Gasteiger partial charge on any atom is 0.327 e. The van der Waals surface area contributed by atoms with Gasteiger partial charge >= 0.3 is 5.97 Å². The molecule has 1 aromatic carbocycles. The molecule has 0 saturated heterocycles. The van der Waals surface area contributed by atoms with E-state index in [0.29, 0.717) is 12.6 Å². The molecule has 1 saturated carbocycles. The van der Waals surface area contributed by atoms with Crippen molar-refractivity contribution < 1.29 is 14.3 Å². The van der Waals surface area contributed by atoms with Gasteiger partial charge in [0.15, 0.2) is 0 Å². The lowest BCUT2D eigenvalue weighted by Crippen LogP contribution is -2.39. The zero-order valence-electron chi connectivity index (χ0n) is 12.9. The van der Waals surface area contributed by atoms with Gasteiger partial charge in [-0.15, -0.1) is 0 Å². The molecule has 0 amide bonds. The molecular weight excluding hydrogens is 266 g/mol. The first-order chi connectivity index (χ1) is 10.3. The monoisotopic (exact) mass is 291 g/mol. The summed E-state index contributed by atoms with van der Waals surface area (Å²) in [7, 11) is 3.11. The molecule has 21 heavy (non-hydrogen) atoms. The zero-order chi connectivity index (χ0) is 15.1. The number of ether oxygens (including phenoxy) is 2. The first-order valence-corrected chi connectivity index (χ1v) is 7.67. The third-order valence-corrected chi connectivity index (χ3v) is 4.11. The van der Waals surface area contributed by atoms with Crippen LogP contribution in [-0.2, 0) is 20.9 Å². The second kappa shape index (κ2) is 8.15. The molecule has 0 radical (unpaired) electrons. The number of hydrogen-bond donors (Lipinski definition) is 1. The Kier molecular flexibility index (Phi) is 6.21. The van der Waals surface area contributed by atoms with Gasteiger partial charge in [0.1, 0.15) is 6.04 Å². The molecule has 1 N–H and O–H groups in total. The third kappa shape index (κ3) is 4.29. The highest BCUT2D eigenvalue weighted by molar-refractivity contribution is 5.78. The Bertz CT molecular complexity index is 455. The van der Waals surface area contributed by atoms with E-state index in [1.54, 1.807) is 7.11 Å². The van der Waals surface area contributed by atoms with E-state index in [0.717, 1.165) is 24.0 Å². The molecule has 1 atom stereocenters. The average molecular weight is 291 g/mol. The zero-order valence-corrected chi connectivity index (χ0v) is 12.9. The maximum atomic E-state index is 12.2. The molecule has 0 bridgehead atoms. The second-order valence-corrected chi connectivity index (χ2v) is 5.59. The highest BCUT2D eigenvalue weighted by Crippen LogP contribution is 2.25. The highest BCUT2D eigenvalue weighted by atomic mass is 16.5. The van der Waals surface area contributed by atoms with Crippen molar-refractivity contribution in [3.8, 4) is 0 Å². The Hall–Kier alpha value is -1.39. The molecule has 4 heteroatoms. The summed E-state index contributed by atoms with van der Waals surface area (Å²) in [5.74, 6) is -0.232. The second-order valence-electron chi connectivity index (χ2n) is 5.59. The molecule has 0 spiro atoms. The molecule has 0 aliphatic heterocycles. The topological polar surface area (TPSA) is 47.6 Å². The molecule has 4 nitrogen and oxygen atoms in total. The van der Waals surface area contributed by atoms with Gasteiger partial charge in [0.05, 0.1) is 13.7 Å². The molecular formula is C17H25NO3. The predicted octanol–water partition coefficient (Wildman–Crippen LogP) is 2.97. The summed E-state index contributed by atoms with van der Waals surface area (Å²) >= 11 is 0. The van der Waals surface area contributed by atoms with E-state index >= 15 is 0 Å². The average Bonchev–Trinajstić information content (AvgIpc) is 2.54. The maximum absolute atomic E-state index is 12.2. The van der Waals surface area contributed by atoms with Gasteiger partial charge in [0, 0.05) is 13.2 Å². The SMILES string of the molecule is COCc1ccccc1C(NC1CCCCC1)C(=O)OC. The Morgan fingerprint density at radius 3 is 2.62 bits per heavy atom. The third-order valence-electron chi connectivity index (χ3n) is 4.11. The Morgan fingerprint density at radius 1 is 1.24 bits per heavy atom. The van der Waals surface area contributed by atoms with Crippen molar-refractivity contribution in [3.63, 3.8) is 0 Å². The fourth-order valence-electron chi connectivity index (χ4n) is 3.01. The van der Waals surface area contributed by atoms with Crippen LogP contribution in [0.4, 0.5) is 0 Å². The minimum atomic E-state index is -0.413. The number of carbonyl (C=O) groups excluding carboxylic acids is 1. The van der Waals surface area contributed by atoms with E-state index in [-0.39, 0.29) is 5.97 Å². The van der Waals surface area contributed by atoms with Crippen LogP contribution in [0.15, 0.2) is 24.3 Å². The number of benzene rings is 1. The highest BCUT2D eigenvalue weighted by Gasteiger charge is 2.27. The van der Waals surface area contributed by atoms with Crippen molar-refractivity contribution in [3.05, 3.63) is 35.4 Å². The lowest BCUT2D eigenvalue weighted by molar-refractivity contribution is -0.143. The summed E-state index contributed by atoms with van der Waals surface area (Å²) in [6.45, 7) is 0.496. The first kappa shape index (κ1) is 16.0. The van der Waals surface area contributed by atoms with Gasteiger partial charge in [-0.05, 0) is 24.0 Å². The standard InChI is InChI=1S/C17H25NO3/c1-20-12-13-8-6-7-11-15(13)16(17(19)21-2)18-14-9-4-3-5-10-14/h6-8,11,14,16,18H,3-5,9-10,12H2,1-2H3. The van der Waals surface area contributed by atoms with Crippen molar-refractivity contribution in [2.45, 2.75) is 50.8 Å². The van der Waals surface area contributed by atoms with Gasteiger partial charge < -0.3 is 9.47 Å². The van der Waals surface area contributed by atoms with Crippen LogP contribution in [0.5, 0.6) is 0 Å². The minimum Gasteiger partial charge on any atom is -0.468 e. The van der Waals surface area contributed by atoms with Gasteiger partial charge in [0.2, 0.25) is 0 Å². The van der Waals surface area contributed by atoms with Crippen LogP contribution in [0, 0.1) is 0 Å². The quantitative estimate of drug-likeness (QED) is 0.819. The lowest BCUT2D eigenvalue weighted by Gasteiger charge is -2.28. The van der Waals surface area contributed by atoms with E-state index in [1.807, 2.05) is 24.3 Å². The largest absolute Gasteiger partial charge is 0.468 e. The van der Waals surface area contributed by atoms with Gasteiger partial charge in [-0.2, -0.15) is 0 Å². The fraction of sp³-hybridized carbons (Fsp3) is 0.588. The number of nitrogens with one attached hydrogen (secondary N) is 1. The number of hydrogen-bond acceptors (Lipinski definition) is 4. The number of esters is 1. The summed E-state index contributed by atoms with van der Waals surface area (Å²) in [5.41, 5.74) is 1.98. The molecule has 1 unspecified atom stereocenters. The molecule has 1 aliphatic carbocycles. The molecule has 116 valence electrons. The summed E-state index contributed by atoms with van der Waals surface area (Å²) in [6, 6.07) is 7.87. The molecule has 1 aromatic rings.